The summed E-state index contributed by atoms with van der Waals surface area (Å²) in [6.45, 7) is 6.44. The van der Waals surface area contributed by atoms with Gasteiger partial charge in [-0.15, -0.1) is 0 Å². The average molecular weight is 254 g/mol. The van der Waals surface area contributed by atoms with Crippen molar-refractivity contribution in [3.63, 3.8) is 0 Å². The molecule has 0 radical (unpaired) electrons. The maximum absolute atomic E-state index is 6.12. The van der Waals surface area contributed by atoms with Crippen molar-refractivity contribution < 1.29 is 4.74 Å². The Morgan fingerprint density at radius 2 is 1.63 bits per heavy atom. The third-order valence-electron chi connectivity index (χ3n) is 3.55. The molecule has 2 aromatic rings. The lowest BCUT2D eigenvalue weighted by Gasteiger charge is -2.13. The molecule has 0 saturated carbocycles. The van der Waals surface area contributed by atoms with E-state index in [1.54, 1.807) is 0 Å². The van der Waals surface area contributed by atoms with E-state index in [0.717, 1.165) is 17.9 Å². The monoisotopic (exact) mass is 254 g/mol. The molecule has 1 nitrogen and oxygen atoms in total. The summed E-state index contributed by atoms with van der Waals surface area (Å²) in [5, 5.41) is 0. The van der Waals surface area contributed by atoms with Crippen molar-refractivity contribution >= 4 is 0 Å². The molecule has 0 atom stereocenters. The second kappa shape index (κ2) is 6.42. The largest absolute Gasteiger partial charge is 0.457 e. The van der Waals surface area contributed by atoms with Crippen LogP contribution >= 0.6 is 0 Å². The van der Waals surface area contributed by atoms with E-state index in [0.29, 0.717) is 0 Å². The molecule has 0 spiro atoms. The van der Waals surface area contributed by atoms with E-state index in [9.17, 15) is 0 Å². The molecule has 0 amide bonds. The summed E-state index contributed by atoms with van der Waals surface area (Å²) in [7, 11) is 0. The molecule has 0 aliphatic rings. The highest BCUT2D eigenvalue weighted by molar-refractivity contribution is 5.43. The van der Waals surface area contributed by atoms with Crippen LogP contribution in [0, 0.1) is 13.8 Å². The summed E-state index contributed by atoms with van der Waals surface area (Å²) >= 11 is 0. The first-order valence-electron chi connectivity index (χ1n) is 7.04. The van der Waals surface area contributed by atoms with Gasteiger partial charge in [0.15, 0.2) is 0 Å². The molecule has 2 aromatic carbocycles. The highest BCUT2D eigenvalue weighted by Crippen LogP contribution is 2.29. The minimum atomic E-state index is 0.962. The summed E-state index contributed by atoms with van der Waals surface area (Å²) in [5.74, 6) is 1.95. The maximum Gasteiger partial charge on any atom is 0.130 e. The number of ether oxygens (including phenoxy) is 1. The van der Waals surface area contributed by atoms with Gasteiger partial charge in [-0.2, -0.15) is 0 Å². The van der Waals surface area contributed by atoms with E-state index in [1.807, 2.05) is 18.2 Å². The molecular formula is C18H22O. The molecule has 0 aliphatic heterocycles. The number of para-hydroxylation sites is 1. The van der Waals surface area contributed by atoms with Crippen LogP contribution in [-0.4, -0.2) is 0 Å². The number of unbranched alkanes of at least 4 members (excludes halogenated alkanes) is 1. The zero-order chi connectivity index (χ0) is 13.7. The van der Waals surface area contributed by atoms with Gasteiger partial charge in [-0.25, -0.2) is 0 Å². The van der Waals surface area contributed by atoms with Gasteiger partial charge < -0.3 is 4.74 Å². The number of benzene rings is 2. The number of hydrogen-bond donors (Lipinski definition) is 0. The highest BCUT2D eigenvalue weighted by Gasteiger charge is 2.07. The summed E-state index contributed by atoms with van der Waals surface area (Å²) in [5.41, 5.74) is 3.78. The van der Waals surface area contributed by atoms with Crippen molar-refractivity contribution in [2.75, 3.05) is 0 Å². The summed E-state index contributed by atoms with van der Waals surface area (Å²) < 4.78 is 6.12. The van der Waals surface area contributed by atoms with Crippen LogP contribution in [0.5, 0.6) is 11.5 Å². The third kappa shape index (κ3) is 3.37. The highest BCUT2D eigenvalue weighted by atomic mass is 16.5. The van der Waals surface area contributed by atoms with Crippen LogP contribution in [-0.2, 0) is 6.42 Å². The van der Waals surface area contributed by atoms with Crippen LogP contribution in [0.3, 0.4) is 0 Å². The van der Waals surface area contributed by atoms with E-state index in [1.165, 1.54) is 29.5 Å². The van der Waals surface area contributed by atoms with Gasteiger partial charge in [-0.3, -0.25) is 0 Å². The van der Waals surface area contributed by atoms with E-state index in [-0.39, 0.29) is 0 Å². The molecule has 0 N–H and O–H groups in total. The van der Waals surface area contributed by atoms with Crippen molar-refractivity contribution in [1.82, 2.24) is 0 Å². The number of rotatable bonds is 5. The SMILES string of the molecule is CCCCc1ccccc1Oc1cccc(C)c1C. The van der Waals surface area contributed by atoms with Crippen LogP contribution in [0.15, 0.2) is 42.5 Å². The molecule has 0 aromatic heterocycles. The number of aryl methyl sites for hydroxylation is 2. The smallest absolute Gasteiger partial charge is 0.130 e. The second-order valence-corrected chi connectivity index (χ2v) is 5.01. The molecule has 0 unspecified atom stereocenters. The number of hydrogen-bond acceptors (Lipinski definition) is 1. The topological polar surface area (TPSA) is 9.23 Å². The van der Waals surface area contributed by atoms with Crippen molar-refractivity contribution in [2.45, 2.75) is 40.0 Å². The Balaban J connectivity index is 2.25. The van der Waals surface area contributed by atoms with Gasteiger partial charge >= 0.3 is 0 Å². The summed E-state index contributed by atoms with van der Waals surface area (Å²) in [6.07, 6.45) is 3.49. The fraction of sp³-hybridized carbons (Fsp3) is 0.333. The molecule has 0 fully saturated rings. The Labute approximate surface area is 116 Å². The van der Waals surface area contributed by atoms with Crippen LogP contribution in [0.1, 0.15) is 36.5 Å². The van der Waals surface area contributed by atoms with Gasteiger partial charge in [-0.1, -0.05) is 43.7 Å². The van der Waals surface area contributed by atoms with E-state index >= 15 is 0 Å². The lowest BCUT2D eigenvalue weighted by molar-refractivity contribution is 0.471. The van der Waals surface area contributed by atoms with Crippen molar-refractivity contribution in [3.8, 4) is 11.5 Å². The van der Waals surface area contributed by atoms with Gasteiger partial charge in [0.05, 0.1) is 0 Å². The van der Waals surface area contributed by atoms with Crippen LogP contribution in [0.25, 0.3) is 0 Å². The average Bonchev–Trinajstić information content (AvgIpc) is 2.43. The van der Waals surface area contributed by atoms with Crippen LogP contribution < -0.4 is 4.74 Å². The molecule has 19 heavy (non-hydrogen) atoms. The first-order chi connectivity index (χ1) is 9.22. The third-order valence-corrected chi connectivity index (χ3v) is 3.55. The molecule has 0 saturated heterocycles. The van der Waals surface area contributed by atoms with Gasteiger partial charge in [0.2, 0.25) is 0 Å². The van der Waals surface area contributed by atoms with E-state index in [2.05, 4.69) is 45.0 Å². The molecule has 2 rings (SSSR count). The fourth-order valence-corrected chi connectivity index (χ4v) is 2.13. The quantitative estimate of drug-likeness (QED) is 0.690. The van der Waals surface area contributed by atoms with Crippen molar-refractivity contribution in [3.05, 3.63) is 59.2 Å². The van der Waals surface area contributed by atoms with E-state index in [4.69, 9.17) is 4.74 Å². The summed E-state index contributed by atoms with van der Waals surface area (Å²) in [4.78, 5) is 0. The van der Waals surface area contributed by atoms with Gasteiger partial charge in [0, 0.05) is 0 Å². The lowest BCUT2D eigenvalue weighted by atomic mass is 10.1. The molecule has 100 valence electrons. The Bertz CT molecular complexity index is 543. The zero-order valence-corrected chi connectivity index (χ0v) is 12.1. The summed E-state index contributed by atoms with van der Waals surface area (Å²) in [6, 6.07) is 14.6. The molecule has 0 heterocycles. The molecule has 1 heteroatoms. The molecule has 0 aliphatic carbocycles. The van der Waals surface area contributed by atoms with Gasteiger partial charge in [0.1, 0.15) is 11.5 Å². The Morgan fingerprint density at radius 3 is 2.42 bits per heavy atom. The Kier molecular flexibility index (Phi) is 4.62. The predicted molar refractivity (Wildman–Crippen MR) is 81.0 cm³/mol. The minimum absolute atomic E-state index is 0.962. The maximum atomic E-state index is 6.12. The molecular weight excluding hydrogens is 232 g/mol. The Hall–Kier alpha value is -1.76. The zero-order valence-electron chi connectivity index (χ0n) is 12.1. The van der Waals surface area contributed by atoms with Gasteiger partial charge in [-0.05, 0) is 55.5 Å². The van der Waals surface area contributed by atoms with E-state index < -0.39 is 0 Å². The van der Waals surface area contributed by atoms with Crippen LogP contribution in [0.4, 0.5) is 0 Å². The normalized spacial score (nSPS) is 10.5. The van der Waals surface area contributed by atoms with Crippen molar-refractivity contribution in [2.24, 2.45) is 0 Å². The molecule has 0 bridgehead atoms. The fourth-order valence-electron chi connectivity index (χ4n) is 2.13. The minimum Gasteiger partial charge on any atom is -0.457 e. The standard InChI is InChI=1S/C18H22O/c1-4-5-10-16-11-6-7-12-18(16)19-17-13-8-9-14(2)15(17)3/h6-9,11-13H,4-5,10H2,1-3H3. The first kappa shape index (κ1) is 13.7. The first-order valence-corrected chi connectivity index (χ1v) is 7.04. The lowest BCUT2D eigenvalue weighted by Crippen LogP contribution is -1.94. The second-order valence-electron chi connectivity index (χ2n) is 5.01. The Morgan fingerprint density at radius 1 is 0.895 bits per heavy atom. The van der Waals surface area contributed by atoms with Crippen LogP contribution in [0.2, 0.25) is 0 Å². The predicted octanol–water partition coefficient (Wildman–Crippen LogP) is 5.44. The van der Waals surface area contributed by atoms with Gasteiger partial charge in [0.25, 0.3) is 0 Å². The van der Waals surface area contributed by atoms with Crippen molar-refractivity contribution in [1.29, 1.82) is 0 Å².